The fourth-order valence-corrected chi connectivity index (χ4v) is 4.22. The van der Waals surface area contributed by atoms with Gasteiger partial charge in [0.05, 0.1) is 11.0 Å². The molecule has 1 saturated heterocycles. The van der Waals surface area contributed by atoms with E-state index < -0.39 is 0 Å². The van der Waals surface area contributed by atoms with Crippen LogP contribution in [0.15, 0.2) is 72.8 Å². The minimum absolute atomic E-state index is 0.0247. The Morgan fingerprint density at radius 2 is 1.73 bits per heavy atom. The Bertz CT molecular complexity index is 1220. The van der Waals surface area contributed by atoms with Gasteiger partial charge in [-0.25, -0.2) is 9.37 Å². The van der Waals surface area contributed by atoms with Crippen molar-refractivity contribution in [1.82, 2.24) is 9.55 Å². The number of carbonyl (C=O) groups is 1. The maximum absolute atomic E-state index is 13.3. The lowest BCUT2D eigenvalue weighted by Gasteiger charge is -2.17. The zero-order valence-electron chi connectivity index (χ0n) is 16.1. The second kappa shape index (κ2) is 7.58. The molecular weight excluding hydrogens is 401 g/mol. The Balaban J connectivity index is 1.51. The zero-order valence-corrected chi connectivity index (χ0v) is 16.9. The van der Waals surface area contributed by atoms with Crippen LogP contribution < -0.4 is 4.90 Å². The molecule has 0 saturated carbocycles. The van der Waals surface area contributed by atoms with Gasteiger partial charge in [-0.15, -0.1) is 0 Å². The van der Waals surface area contributed by atoms with Crippen LogP contribution in [0.3, 0.4) is 0 Å². The second-order valence-electron chi connectivity index (χ2n) is 7.55. The number of halogens is 2. The van der Waals surface area contributed by atoms with Gasteiger partial charge in [-0.05, 0) is 54.1 Å². The Hall–Kier alpha value is -3.18. The van der Waals surface area contributed by atoms with Gasteiger partial charge in [-0.2, -0.15) is 0 Å². The maximum Gasteiger partial charge on any atom is 0.227 e. The standard InChI is InChI=1S/C24H19ClFN3O/c25-18-7-5-16(6-8-18)14-29-22-4-2-1-3-21(22)27-24(29)17-13-23(30)28(15-17)20-11-9-19(26)10-12-20/h1-12,17H,13-15H2/t17-/m0/s1. The summed E-state index contributed by atoms with van der Waals surface area (Å²) in [7, 11) is 0. The molecule has 1 fully saturated rings. The SMILES string of the molecule is O=C1C[C@H](c2nc3ccccc3n2Cc2ccc(Cl)cc2)CN1c1ccc(F)cc1. The molecule has 150 valence electrons. The quantitative estimate of drug-likeness (QED) is 0.444. The number of nitrogens with zero attached hydrogens (tertiary/aromatic N) is 3. The molecule has 1 atom stereocenters. The van der Waals surface area contributed by atoms with Gasteiger partial charge in [-0.1, -0.05) is 35.9 Å². The molecule has 4 nitrogen and oxygen atoms in total. The van der Waals surface area contributed by atoms with E-state index in [-0.39, 0.29) is 17.6 Å². The summed E-state index contributed by atoms with van der Waals surface area (Å²) in [6.07, 6.45) is 0.376. The van der Waals surface area contributed by atoms with E-state index in [0.717, 1.165) is 22.4 Å². The van der Waals surface area contributed by atoms with Gasteiger partial charge in [0.15, 0.2) is 0 Å². The van der Waals surface area contributed by atoms with Crippen LogP contribution in [0.2, 0.25) is 5.02 Å². The molecule has 1 aliphatic heterocycles. The number of rotatable bonds is 4. The first-order valence-electron chi connectivity index (χ1n) is 9.84. The highest BCUT2D eigenvalue weighted by Gasteiger charge is 2.34. The number of hydrogen-bond donors (Lipinski definition) is 0. The van der Waals surface area contributed by atoms with Gasteiger partial charge in [0.1, 0.15) is 11.6 Å². The zero-order chi connectivity index (χ0) is 20.7. The molecule has 6 heteroatoms. The molecule has 0 unspecified atom stereocenters. The number of benzene rings is 3. The Labute approximate surface area is 178 Å². The molecule has 1 aromatic heterocycles. The highest BCUT2D eigenvalue weighted by Crippen LogP contribution is 2.33. The molecule has 1 aliphatic rings. The number of amides is 1. The van der Waals surface area contributed by atoms with Crippen LogP contribution in [-0.4, -0.2) is 22.0 Å². The first-order chi connectivity index (χ1) is 14.6. The summed E-state index contributed by atoms with van der Waals surface area (Å²) >= 11 is 6.04. The number of para-hydroxylation sites is 2. The van der Waals surface area contributed by atoms with Gasteiger partial charge in [0.2, 0.25) is 5.91 Å². The van der Waals surface area contributed by atoms with E-state index in [1.54, 1.807) is 17.0 Å². The first kappa shape index (κ1) is 18.8. The van der Waals surface area contributed by atoms with Crippen LogP contribution in [0.25, 0.3) is 11.0 Å². The third kappa shape index (κ3) is 3.46. The summed E-state index contributed by atoms with van der Waals surface area (Å²) in [6.45, 7) is 1.17. The van der Waals surface area contributed by atoms with Crippen molar-refractivity contribution in [2.75, 3.05) is 11.4 Å². The van der Waals surface area contributed by atoms with Crippen LogP contribution >= 0.6 is 11.6 Å². The van der Waals surface area contributed by atoms with Crippen molar-refractivity contribution in [3.8, 4) is 0 Å². The largest absolute Gasteiger partial charge is 0.323 e. The number of fused-ring (bicyclic) bond motifs is 1. The van der Waals surface area contributed by atoms with Gasteiger partial charge in [0.25, 0.3) is 0 Å². The monoisotopic (exact) mass is 419 g/mol. The molecule has 3 aromatic carbocycles. The second-order valence-corrected chi connectivity index (χ2v) is 7.99. The van der Waals surface area contributed by atoms with E-state index in [1.807, 2.05) is 42.5 Å². The average molecular weight is 420 g/mol. The van der Waals surface area contributed by atoms with Crippen molar-refractivity contribution < 1.29 is 9.18 Å². The predicted octanol–water partition coefficient (Wildman–Crippen LogP) is 5.40. The van der Waals surface area contributed by atoms with Gasteiger partial charge in [-0.3, -0.25) is 4.79 Å². The molecule has 30 heavy (non-hydrogen) atoms. The summed E-state index contributed by atoms with van der Waals surface area (Å²) in [6, 6.07) is 21.8. The summed E-state index contributed by atoms with van der Waals surface area (Å²) in [5, 5.41) is 0.700. The van der Waals surface area contributed by atoms with E-state index >= 15 is 0 Å². The van der Waals surface area contributed by atoms with Crippen LogP contribution in [0.1, 0.15) is 23.7 Å². The maximum atomic E-state index is 13.3. The van der Waals surface area contributed by atoms with Crippen molar-refractivity contribution >= 4 is 34.2 Å². The number of anilines is 1. The Kier molecular flexibility index (Phi) is 4.75. The van der Waals surface area contributed by atoms with Gasteiger partial charge < -0.3 is 9.47 Å². The van der Waals surface area contributed by atoms with Crippen molar-refractivity contribution in [2.24, 2.45) is 0 Å². The average Bonchev–Trinajstić information content (AvgIpc) is 3.31. The van der Waals surface area contributed by atoms with Crippen molar-refractivity contribution in [3.05, 3.63) is 95.0 Å². The summed E-state index contributed by atoms with van der Waals surface area (Å²) < 4.78 is 15.5. The topological polar surface area (TPSA) is 38.1 Å². The highest BCUT2D eigenvalue weighted by molar-refractivity contribution is 6.30. The van der Waals surface area contributed by atoms with Crippen molar-refractivity contribution in [1.29, 1.82) is 0 Å². The van der Waals surface area contributed by atoms with Crippen LogP contribution in [0, 0.1) is 5.82 Å². The molecule has 0 spiro atoms. The van der Waals surface area contributed by atoms with Crippen molar-refractivity contribution in [3.63, 3.8) is 0 Å². The lowest BCUT2D eigenvalue weighted by atomic mass is 10.1. The summed E-state index contributed by atoms with van der Waals surface area (Å²) in [4.78, 5) is 19.3. The van der Waals surface area contributed by atoms with Crippen LogP contribution in [0.4, 0.5) is 10.1 Å². The van der Waals surface area contributed by atoms with E-state index in [4.69, 9.17) is 16.6 Å². The molecule has 1 amide bonds. The minimum atomic E-state index is -0.313. The predicted molar refractivity (Wildman–Crippen MR) is 116 cm³/mol. The van der Waals surface area contributed by atoms with E-state index in [2.05, 4.69) is 10.6 Å². The molecule has 4 aromatic rings. The van der Waals surface area contributed by atoms with E-state index in [9.17, 15) is 9.18 Å². The number of carbonyl (C=O) groups excluding carboxylic acids is 1. The summed E-state index contributed by atoms with van der Waals surface area (Å²) in [5.74, 6) is 0.565. The number of aromatic nitrogens is 2. The van der Waals surface area contributed by atoms with Crippen molar-refractivity contribution in [2.45, 2.75) is 18.9 Å². The molecule has 2 heterocycles. The van der Waals surface area contributed by atoms with Crippen LogP contribution in [0.5, 0.6) is 0 Å². The first-order valence-corrected chi connectivity index (χ1v) is 10.2. The fourth-order valence-electron chi connectivity index (χ4n) is 4.10. The van der Waals surface area contributed by atoms with E-state index in [0.29, 0.717) is 30.2 Å². The number of imidazole rings is 1. The Morgan fingerprint density at radius 1 is 1.00 bits per heavy atom. The fraction of sp³-hybridized carbons (Fsp3) is 0.167. The number of hydrogen-bond acceptors (Lipinski definition) is 2. The van der Waals surface area contributed by atoms with Gasteiger partial charge >= 0.3 is 0 Å². The molecule has 0 aliphatic carbocycles. The van der Waals surface area contributed by atoms with E-state index in [1.165, 1.54) is 12.1 Å². The summed E-state index contributed by atoms with van der Waals surface area (Å²) in [5.41, 5.74) is 3.78. The Morgan fingerprint density at radius 3 is 2.50 bits per heavy atom. The lowest BCUT2D eigenvalue weighted by Crippen LogP contribution is -2.24. The molecule has 5 rings (SSSR count). The van der Waals surface area contributed by atoms with Crippen LogP contribution in [-0.2, 0) is 11.3 Å². The third-order valence-corrected chi connectivity index (χ3v) is 5.82. The lowest BCUT2D eigenvalue weighted by molar-refractivity contribution is -0.117. The molecule has 0 N–H and O–H groups in total. The third-order valence-electron chi connectivity index (χ3n) is 5.57. The minimum Gasteiger partial charge on any atom is -0.323 e. The highest BCUT2D eigenvalue weighted by atomic mass is 35.5. The molecular formula is C24H19ClFN3O. The smallest absolute Gasteiger partial charge is 0.227 e. The molecule has 0 bridgehead atoms. The normalized spacial score (nSPS) is 16.5. The van der Waals surface area contributed by atoms with Gasteiger partial charge in [0, 0.05) is 36.1 Å². The molecule has 0 radical (unpaired) electrons.